The first-order valence-electron chi connectivity index (χ1n) is 13.5. The van der Waals surface area contributed by atoms with Gasteiger partial charge in [-0.25, -0.2) is 4.98 Å². The molecule has 0 saturated heterocycles. The van der Waals surface area contributed by atoms with Crippen molar-refractivity contribution in [2.24, 2.45) is 0 Å². The molecule has 2 unspecified atom stereocenters. The van der Waals surface area contributed by atoms with E-state index in [1.807, 2.05) is 54.6 Å². The number of methoxy groups -OCH3 is 1. The fraction of sp³-hybridized carbons (Fsp3) is 0.265. The van der Waals surface area contributed by atoms with Gasteiger partial charge in [-0.15, -0.1) is 24.0 Å². The van der Waals surface area contributed by atoms with Crippen molar-refractivity contribution in [3.8, 4) is 5.88 Å². The first-order valence-corrected chi connectivity index (χ1v) is 14.2. The molecule has 0 radical (unpaired) electrons. The summed E-state index contributed by atoms with van der Waals surface area (Å²) >= 11 is 3.61. The summed E-state index contributed by atoms with van der Waals surface area (Å²) in [6.07, 6.45) is 0.446. The van der Waals surface area contributed by atoms with Crippen LogP contribution in [0, 0.1) is 0 Å². The van der Waals surface area contributed by atoms with E-state index in [2.05, 4.69) is 79.4 Å². The molecule has 4 nitrogen and oxygen atoms in total. The number of fused-ring (bicyclic) bond motifs is 2. The number of hydrogen-bond acceptors (Lipinski definition) is 3. The van der Waals surface area contributed by atoms with E-state index < -0.39 is 11.5 Å². The summed E-state index contributed by atoms with van der Waals surface area (Å²) in [6.45, 7) is 3.85. The number of pyridine rings is 1. The number of ether oxygens (including phenoxy) is 1. The number of rotatable bonds is 9. The van der Waals surface area contributed by atoms with E-state index in [-0.39, 0.29) is 24.0 Å². The fourth-order valence-electron chi connectivity index (χ4n) is 5.52. The molecule has 208 valence electrons. The van der Waals surface area contributed by atoms with E-state index in [4.69, 9.17) is 9.72 Å². The van der Waals surface area contributed by atoms with E-state index in [9.17, 15) is 0 Å². The summed E-state index contributed by atoms with van der Waals surface area (Å²) in [5, 5.41) is 19.0. The van der Waals surface area contributed by atoms with Crippen molar-refractivity contribution in [1.82, 2.24) is 4.98 Å². The highest BCUT2D eigenvalue weighted by molar-refractivity contribution is 14.0. The first kappa shape index (κ1) is 30.4. The lowest BCUT2D eigenvalue weighted by Crippen LogP contribution is -2.52. The lowest BCUT2D eigenvalue weighted by atomic mass is 9.70. The standard InChI is InChI=1S/C34H35BrN2O2.HI/c1-5-37(2,3)21-20-34(38,30-17-11-15-24-12-9-10-16-28(24)30)32(25-13-7-6-8-14-25)29-23-26-22-27(35)18-19-31(26)36-33(29)39-4;/h6-19,22-23,32H,5,20-21H2,1-4H3;1H. The Morgan fingerprint density at radius 1 is 0.900 bits per heavy atom. The molecule has 6 heteroatoms. The Morgan fingerprint density at radius 2 is 1.60 bits per heavy atom. The van der Waals surface area contributed by atoms with Crippen molar-refractivity contribution in [2.75, 3.05) is 34.3 Å². The minimum absolute atomic E-state index is 0. The van der Waals surface area contributed by atoms with Gasteiger partial charge < -0.3 is 14.3 Å². The SMILES string of the molecule is CC[N+](C)(C)CCC([O-])(c1cccc2ccccc12)C(c1ccccc1)c1cc2cc(Br)ccc2nc1OC.I. The Morgan fingerprint density at radius 3 is 2.33 bits per heavy atom. The van der Waals surface area contributed by atoms with Gasteiger partial charge in [-0.05, 0) is 59.5 Å². The number of quaternary nitrogens is 1. The molecular formula is C34H36BrIN2O2. The molecule has 0 saturated carbocycles. The molecule has 0 aliphatic rings. The molecule has 0 spiro atoms. The van der Waals surface area contributed by atoms with E-state index in [1.54, 1.807) is 7.11 Å². The van der Waals surface area contributed by atoms with Gasteiger partial charge in [0, 0.05) is 21.3 Å². The number of halogens is 2. The largest absolute Gasteiger partial charge is 0.845 e. The van der Waals surface area contributed by atoms with Crippen molar-refractivity contribution in [1.29, 1.82) is 0 Å². The van der Waals surface area contributed by atoms with E-state index in [0.717, 1.165) is 60.4 Å². The summed E-state index contributed by atoms with van der Waals surface area (Å²) in [4.78, 5) is 4.89. The zero-order valence-corrected chi connectivity index (χ0v) is 27.3. The third kappa shape index (κ3) is 6.05. The predicted molar refractivity (Wildman–Crippen MR) is 177 cm³/mol. The molecule has 5 aromatic rings. The summed E-state index contributed by atoms with van der Waals surface area (Å²) in [5.74, 6) is -0.0458. The zero-order chi connectivity index (χ0) is 27.6. The molecule has 0 aliphatic heterocycles. The van der Waals surface area contributed by atoms with Crippen LogP contribution in [0.3, 0.4) is 0 Å². The van der Waals surface area contributed by atoms with Crippen LogP contribution < -0.4 is 9.84 Å². The summed E-state index contributed by atoms with van der Waals surface area (Å²) in [6, 6.07) is 32.6. The van der Waals surface area contributed by atoms with Crippen molar-refractivity contribution in [2.45, 2.75) is 24.9 Å². The van der Waals surface area contributed by atoms with Crippen LogP contribution in [0.25, 0.3) is 21.7 Å². The lowest BCUT2D eigenvalue weighted by molar-refractivity contribution is -0.890. The topological polar surface area (TPSA) is 45.2 Å². The minimum atomic E-state index is -1.50. The molecule has 4 aromatic carbocycles. The van der Waals surface area contributed by atoms with E-state index in [0.29, 0.717) is 12.3 Å². The van der Waals surface area contributed by atoms with Gasteiger partial charge in [-0.2, -0.15) is 0 Å². The summed E-state index contributed by atoms with van der Waals surface area (Å²) in [5.41, 5.74) is 1.90. The highest BCUT2D eigenvalue weighted by atomic mass is 127. The Labute approximate surface area is 262 Å². The monoisotopic (exact) mass is 710 g/mol. The van der Waals surface area contributed by atoms with Gasteiger partial charge in [0.25, 0.3) is 0 Å². The second-order valence-electron chi connectivity index (χ2n) is 10.9. The smallest absolute Gasteiger partial charge is 0.217 e. The first-order chi connectivity index (χ1) is 18.8. The van der Waals surface area contributed by atoms with Gasteiger partial charge in [-0.3, -0.25) is 0 Å². The molecule has 1 aromatic heterocycles. The Bertz CT molecular complexity index is 1600. The van der Waals surface area contributed by atoms with Gasteiger partial charge in [0.05, 0.1) is 39.8 Å². The summed E-state index contributed by atoms with van der Waals surface area (Å²) in [7, 11) is 6.02. The second kappa shape index (κ2) is 12.6. The van der Waals surface area contributed by atoms with E-state index >= 15 is 5.11 Å². The minimum Gasteiger partial charge on any atom is -0.845 e. The lowest BCUT2D eigenvalue weighted by Gasteiger charge is -2.50. The molecule has 0 aliphatic carbocycles. The molecule has 1 heterocycles. The predicted octanol–water partition coefficient (Wildman–Crippen LogP) is 7.65. The van der Waals surface area contributed by atoms with Gasteiger partial charge in [0.15, 0.2) is 0 Å². The quantitative estimate of drug-likeness (QED) is 0.117. The number of aromatic nitrogens is 1. The van der Waals surface area contributed by atoms with Crippen LogP contribution in [0.15, 0.2) is 102 Å². The molecule has 5 rings (SSSR count). The number of nitrogens with zero attached hydrogens (tertiary/aromatic N) is 2. The Hall–Kier alpha value is -2.52. The average Bonchev–Trinajstić information content (AvgIpc) is 2.96. The molecule has 0 bridgehead atoms. The van der Waals surface area contributed by atoms with Crippen molar-refractivity contribution in [3.63, 3.8) is 0 Å². The van der Waals surface area contributed by atoms with Crippen LogP contribution in [0.4, 0.5) is 0 Å². The maximum Gasteiger partial charge on any atom is 0.217 e. The molecule has 0 amide bonds. The number of benzene rings is 4. The van der Waals surface area contributed by atoms with Crippen LogP contribution in [-0.2, 0) is 5.60 Å². The van der Waals surface area contributed by atoms with Crippen molar-refractivity contribution >= 4 is 61.6 Å². The van der Waals surface area contributed by atoms with Crippen LogP contribution >= 0.6 is 39.9 Å². The molecular weight excluding hydrogens is 675 g/mol. The Balaban J connectivity index is 0.00000370. The fourth-order valence-corrected chi connectivity index (χ4v) is 5.90. The average molecular weight is 711 g/mol. The van der Waals surface area contributed by atoms with Crippen LogP contribution in [0.1, 0.15) is 36.0 Å². The van der Waals surface area contributed by atoms with Gasteiger partial charge >= 0.3 is 0 Å². The normalized spacial score (nSPS) is 13.9. The molecule has 0 fully saturated rings. The van der Waals surface area contributed by atoms with Gasteiger partial charge in [0.2, 0.25) is 5.88 Å². The highest BCUT2D eigenvalue weighted by Crippen LogP contribution is 2.47. The van der Waals surface area contributed by atoms with Crippen molar-refractivity contribution in [3.05, 3.63) is 118 Å². The highest BCUT2D eigenvalue weighted by Gasteiger charge is 2.37. The summed E-state index contributed by atoms with van der Waals surface area (Å²) < 4.78 is 7.63. The van der Waals surface area contributed by atoms with Crippen molar-refractivity contribution < 1.29 is 14.3 Å². The third-order valence-corrected chi connectivity index (χ3v) is 8.56. The molecule has 0 N–H and O–H groups in total. The van der Waals surface area contributed by atoms with Gasteiger partial charge in [0.1, 0.15) is 0 Å². The number of hydrogen-bond donors (Lipinski definition) is 0. The zero-order valence-electron chi connectivity index (χ0n) is 23.4. The molecule has 2 atom stereocenters. The maximum absolute atomic E-state index is 15.9. The van der Waals surface area contributed by atoms with Crippen LogP contribution in [0.2, 0.25) is 0 Å². The van der Waals surface area contributed by atoms with Gasteiger partial charge in [-0.1, -0.05) is 94.3 Å². The molecule has 40 heavy (non-hydrogen) atoms. The van der Waals surface area contributed by atoms with Crippen LogP contribution in [-0.4, -0.2) is 43.8 Å². The maximum atomic E-state index is 15.9. The Kier molecular flexibility index (Phi) is 9.55. The second-order valence-corrected chi connectivity index (χ2v) is 11.8. The third-order valence-electron chi connectivity index (χ3n) is 8.06. The van der Waals surface area contributed by atoms with Crippen LogP contribution in [0.5, 0.6) is 5.88 Å². The van der Waals surface area contributed by atoms with E-state index in [1.165, 1.54) is 0 Å².